The van der Waals surface area contributed by atoms with E-state index in [0.717, 1.165) is 0 Å². The minimum absolute atomic E-state index is 0.00924. The van der Waals surface area contributed by atoms with Crippen LogP contribution in [0.3, 0.4) is 0 Å². The maximum atomic E-state index is 12.7. The van der Waals surface area contributed by atoms with Crippen molar-refractivity contribution in [2.45, 2.75) is 11.8 Å². The van der Waals surface area contributed by atoms with Crippen LogP contribution in [0.25, 0.3) is 0 Å². The lowest BCUT2D eigenvalue weighted by Gasteiger charge is -2.06. The average molecular weight is 281 g/mol. The fraction of sp³-hybridized carbons (Fsp3) is 0.222. The van der Waals surface area contributed by atoms with Crippen LogP contribution in [-0.4, -0.2) is 10.7 Å². The maximum Gasteiger partial charge on any atom is 0.237 e. The Morgan fingerprint density at radius 3 is 2.79 bits per heavy atom. The molecule has 5 heteroatoms. The first-order chi connectivity index (χ1) is 6.50. The van der Waals surface area contributed by atoms with Crippen LogP contribution in [0.15, 0.2) is 18.2 Å². The highest BCUT2D eigenvalue weighted by Crippen LogP contribution is 2.19. The number of alkyl halides is 1. The van der Waals surface area contributed by atoms with Gasteiger partial charge in [0.05, 0.1) is 9.85 Å². The molecule has 0 saturated heterocycles. The Labute approximate surface area is 94.6 Å². The summed E-state index contributed by atoms with van der Waals surface area (Å²) in [6, 6.07) is 4.02. The van der Waals surface area contributed by atoms with Gasteiger partial charge in [0.1, 0.15) is 5.82 Å². The lowest BCUT2D eigenvalue weighted by molar-refractivity contribution is -0.115. The molecule has 1 rings (SSSR count). The van der Waals surface area contributed by atoms with Gasteiger partial charge in [0.15, 0.2) is 0 Å². The monoisotopic (exact) mass is 279 g/mol. The molecule has 0 heterocycles. The van der Waals surface area contributed by atoms with Crippen LogP contribution in [-0.2, 0) is 4.79 Å². The molecule has 1 aromatic carbocycles. The highest BCUT2D eigenvalue weighted by molar-refractivity contribution is 9.10. The first-order valence-electron chi connectivity index (χ1n) is 3.90. The molecule has 14 heavy (non-hydrogen) atoms. The van der Waals surface area contributed by atoms with E-state index < -0.39 is 5.82 Å². The fourth-order valence-electron chi connectivity index (χ4n) is 0.816. The van der Waals surface area contributed by atoms with E-state index in [4.69, 9.17) is 11.6 Å². The van der Waals surface area contributed by atoms with E-state index in [1.165, 1.54) is 18.2 Å². The van der Waals surface area contributed by atoms with Gasteiger partial charge in [-0.3, -0.25) is 4.79 Å². The molecule has 0 fully saturated rings. The zero-order valence-electron chi connectivity index (χ0n) is 7.35. The normalized spacial score (nSPS) is 12.3. The summed E-state index contributed by atoms with van der Waals surface area (Å²) in [4.78, 5) is 10.9. The quantitative estimate of drug-likeness (QED) is 0.828. The van der Waals surface area contributed by atoms with E-state index in [9.17, 15) is 9.18 Å². The van der Waals surface area contributed by atoms with E-state index in [-0.39, 0.29) is 15.8 Å². The Morgan fingerprint density at radius 2 is 2.29 bits per heavy atom. The van der Waals surface area contributed by atoms with E-state index in [1.54, 1.807) is 6.92 Å². The molecule has 0 saturated carbocycles. The van der Waals surface area contributed by atoms with E-state index in [1.807, 2.05) is 0 Å². The number of carbonyl (C=O) groups is 1. The number of rotatable bonds is 2. The van der Waals surface area contributed by atoms with Crippen molar-refractivity contribution in [3.05, 3.63) is 29.0 Å². The predicted molar refractivity (Wildman–Crippen MR) is 58.4 cm³/mol. The second-order valence-corrected chi connectivity index (χ2v) is 4.51. The topological polar surface area (TPSA) is 29.1 Å². The Bertz CT molecular complexity index is 357. The molecular formula is C9H8BrClFNO. The molecule has 0 unspecified atom stereocenters. The lowest BCUT2D eigenvalue weighted by Crippen LogP contribution is -2.19. The van der Waals surface area contributed by atoms with Gasteiger partial charge in [-0.15, -0.1) is 0 Å². The molecule has 0 radical (unpaired) electrons. The van der Waals surface area contributed by atoms with E-state index >= 15 is 0 Å². The zero-order valence-corrected chi connectivity index (χ0v) is 9.69. The van der Waals surface area contributed by atoms with Crippen LogP contribution in [0.1, 0.15) is 6.92 Å². The molecule has 1 N–H and O–H groups in total. The maximum absolute atomic E-state index is 12.7. The minimum atomic E-state index is -0.503. The standard InChI is InChI=1S/C9H8BrClFNO/c1-5(10)9(14)13-6-2-3-8(12)7(11)4-6/h2-5H,1H3,(H,13,14)/t5-/m0/s1. The molecule has 1 amide bonds. The predicted octanol–water partition coefficient (Wildman–Crippen LogP) is 3.20. The molecule has 1 aromatic rings. The van der Waals surface area contributed by atoms with Crippen molar-refractivity contribution in [1.82, 2.24) is 0 Å². The smallest absolute Gasteiger partial charge is 0.237 e. The Kier molecular flexibility index (Phi) is 3.89. The van der Waals surface area contributed by atoms with Gasteiger partial charge < -0.3 is 5.32 Å². The molecule has 0 aliphatic rings. The summed E-state index contributed by atoms with van der Waals surface area (Å²) in [5.74, 6) is -0.704. The molecule has 76 valence electrons. The molecule has 0 aliphatic carbocycles. The van der Waals surface area contributed by atoms with Crippen LogP contribution < -0.4 is 5.32 Å². The largest absolute Gasteiger partial charge is 0.325 e. The van der Waals surface area contributed by atoms with Gasteiger partial charge in [0, 0.05) is 5.69 Å². The van der Waals surface area contributed by atoms with Gasteiger partial charge in [-0.1, -0.05) is 27.5 Å². The first-order valence-corrected chi connectivity index (χ1v) is 5.20. The number of anilines is 1. The minimum Gasteiger partial charge on any atom is -0.325 e. The Morgan fingerprint density at radius 1 is 1.64 bits per heavy atom. The highest BCUT2D eigenvalue weighted by Gasteiger charge is 2.09. The van der Waals surface area contributed by atoms with Gasteiger partial charge in [-0.25, -0.2) is 4.39 Å². The Hall–Kier alpha value is -0.610. The molecule has 0 bridgehead atoms. The van der Waals surface area contributed by atoms with Gasteiger partial charge in [0.2, 0.25) is 5.91 Å². The number of halogens is 3. The van der Waals surface area contributed by atoms with Crippen LogP contribution in [0.4, 0.5) is 10.1 Å². The van der Waals surface area contributed by atoms with Crippen molar-refractivity contribution in [3.63, 3.8) is 0 Å². The van der Waals surface area contributed by atoms with Crippen molar-refractivity contribution in [1.29, 1.82) is 0 Å². The third kappa shape index (κ3) is 2.96. The molecule has 0 aliphatic heterocycles. The number of amides is 1. The van der Waals surface area contributed by atoms with Crippen LogP contribution in [0.2, 0.25) is 5.02 Å². The van der Waals surface area contributed by atoms with Crippen molar-refractivity contribution in [3.8, 4) is 0 Å². The van der Waals surface area contributed by atoms with E-state index in [0.29, 0.717) is 5.69 Å². The Balaban J connectivity index is 2.78. The van der Waals surface area contributed by atoms with Crippen molar-refractivity contribution >= 4 is 39.1 Å². The zero-order chi connectivity index (χ0) is 10.7. The van der Waals surface area contributed by atoms with E-state index in [2.05, 4.69) is 21.2 Å². The molecule has 0 spiro atoms. The van der Waals surface area contributed by atoms with Crippen LogP contribution in [0, 0.1) is 5.82 Å². The second kappa shape index (κ2) is 4.75. The summed E-state index contributed by atoms with van der Waals surface area (Å²) in [5, 5.41) is 2.56. The highest BCUT2D eigenvalue weighted by atomic mass is 79.9. The number of benzene rings is 1. The number of hydrogen-bond donors (Lipinski definition) is 1. The number of nitrogens with one attached hydrogen (secondary N) is 1. The summed E-state index contributed by atoms with van der Waals surface area (Å²) in [7, 11) is 0. The summed E-state index contributed by atoms with van der Waals surface area (Å²) >= 11 is 8.65. The van der Waals surface area contributed by atoms with Gasteiger partial charge in [-0.05, 0) is 25.1 Å². The van der Waals surface area contributed by atoms with Crippen LogP contribution >= 0.6 is 27.5 Å². The lowest BCUT2D eigenvalue weighted by atomic mass is 10.3. The molecule has 2 nitrogen and oxygen atoms in total. The third-order valence-corrected chi connectivity index (χ3v) is 2.25. The van der Waals surface area contributed by atoms with Gasteiger partial charge in [0.25, 0.3) is 0 Å². The third-order valence-electron chi connectivity index (χ3n) is 1.55. The summed E-state index contributed by atoms with van der Waals surface area (Å²) < 4.78 is 12.7. The van der Waals surface area contributed by atoms with Crippen molar-refractivity contribution in [2.75, 3.05) is 5.32 Å². The first kappa shape index (κ1) is 11.5. The SMILES string of the molecule is C[C@H](Br)C(=O)Nc1ccc(F)c(Cl)c1. The fourth-order valence-corrected chi connectivity index (χ4v) is 1.11. The summed E-state index contributed by atoms with van der Waals surface area (Å²) in [6.07, 6.45) is 0. The summed E-state index contributed by atoms with van der Waals surface area (Å²) in [6.45, 7) is 1.69. The second-order valence-electron chi connectivity index (χ2n) is 2.73. The molecular weight excluding hydrogens is 272 g/mol. The summed E-state index contributed by atoms with van der Waals surface area (Å²) in [5.41, 5.74) is 0.479. The average Bonchev–Trinajstić information content (AvgIpc) is 2.11. The molecule has 0 aromatic heterocycles. The van der Waals surface area contributed by atoms with Crippen molar-refractivity contribution < 1.29 is 9.18 Å². The number of hydrogen-bond acceptors (Lipinski definition) is 1. The van der Waals surface area contributed by atoms with Crippen LogP contribution in [0.5, 0.6) is 0 Å². The number of carbonyl (C=O) groups excluding carboxylic acids is 1. The van der Waals surface area contributed by atoms with Crippen molar-refractivity contribution in [2.24, 2.45) is 0 Å². The van der Waals surface area contributed by atoms with Gasteiger partial charge >= 0.3 is 0 Å². The van der Waals surface area contributed by atoms with Gasteiger partial charge in [-0.2, -0.15) is 0 Å². The molecule has 1 atom stereocenters.